The molecule has 0 spiro atoms. The molecule has 0 amide bonds. The normalized spacial score (nSPS) is 10.9. The third-order valence-corrected chi connectivity index (χ3v) is 3.37. The van der Waals surface area contributed by atoms with Crippen molar-refractivity contribution in [3.05, 3.63) is 33.9 Å². The lowest BCUT2D eigenvalue weighted by atomic mass is 10.1. The Balaban J connectivity index is 2.23. The fraction of sp³-hybridized carbons (Fsp3) is 0.250. The predicted molar refractivity (Wildman–Crippen MR) is 68.9 cm³/mol. The first kappa shape index (κ1) is 12.3. The van der Waals surface area contributed by atoms with Crippen molar-refractivity contribution in [1.82, 2.24) is 4.98 Å². The third-order valence-electron chi connectivity index (χ3n) is 2.65. The van der Waals surface area contributed by atoms with E-state index in [0.717, 1.165) is 16.5 Å². The number of benzene rings is 1. The second-order valence-corrected chi connectivity index (χ2v) is 4.69. The van der Waals surface area contributed by atoms with Crippen LogP contribution in [0.5, 0.6) is 0 Å². The Labute approximate surface area is 108 Å². The van der Waals surface area contributed by atoms with Crippen LogP contribution in [-0.4, -0.2) is 16.1 Å². The van der Waals surface area contributed by atoms with Crippen LogP contribution >= 0.6 is 23.2 Å². The van der Waals surface area contributed by atoms with Crippen molar-refractivity contribution in [2.24, 2.45) is 0 Å². The van der Waals surface area contributed by atoms with Gasteiger partial charge in [-0.3, -0.25) is 4.79 Å². The van der Waals surface area contributed by atoms with E-state index in [1.54, 1.807) is 6.07 Å². The van der Waals surface area contributed by atoms with Crippen LogP contribution in [0.4, 0.5) is 0 Å². The van der Waals surface area contributed by atoms with Gasteiger partial charge < -0.3 is 10.1 Å². The van der Waals surface area contributed by atoms with Gasteiger partial charge in [0.15, 0.2) is 0 Å². The molecule has 0 unspecified atom stereocenters. The highest BCUT2D eigenvalue weighted by Gasteiger charge is 2.08. The first-order valence-electron chi connectivity index (χ1n) is 5.24. The van der Waals surface area contributed by atoms with Gasteiger partial charge in [-0.15, -0.1) is 0 Å². The molecular weight excluding hydrogens is 261 g/mol. The van der Waals surface area contributed by atoms with Gasteiger partial charge in [-0.2, -0.15) is 0 Å². The molecule has 5 heteroatoms. The minimum absolute atomic E-state index is 0.175. The van der Waals surface area contributed by atoms with E-state index >= 15 is 0 Å². The third kappa shape index (κ3) is 2.73. The van der Waals surface area contributed by atoms with Crippen LogP contribution in [-0.2, 0) is 11.2 Å². The molecule has 1 aromatic carbocycles. The lowest BCUT2D eigenvalue weighted by molar-refractivity contribution is -0.137. The van der Waals surface area contributed by atoms with E-state index in [0.29, 0.717) is 22.9 Å². The van der Waals surface area contributed by atoms with Crippen LogP contribution in [0.15, 0.2) is 18.3 Å². The Bertz CT molecular complexity index is 563. The Morgan fingerprint density at radius 3 is 2.71 bits per heavy atom. The number of carboxylic acids is 1. The molecule has 0 saturated carbocycles. The van der Waals surface area contributed by atoms with E-state index < -0.39 is 5.97 Å². The molecule has 1 aromatic heterocycles. The number of H-pyrrole nitrogens is 1. The lowest BCUT2D eigenvalue weighted by Crippen LogP contribution is -1.95. The number of aromatic nitrogens is 1. The zero-order valence-corrected chi connectivity index (χ0v) is 10.5. The van der Waals surface area contributed by atoms with Gasteiger partial charge in [0.05, 0.1) is 10.0 Å². The molecule has 0 saturated heterocycles. The second kappa shape index (κ2) is 4.98. The van der Waals surface area contributed by atoms with Crippen molar-refractivity contribution in [3.8, 4) is 0 Å². The summed E-state index contributed by atoms with van der Waals surface area (Å²) in [4.78, 5) is 13.5. The van der Waals surface area contributed by atoms with Crippen molar-refractivity contribution in [2.45, 2.75) is 19.3 Å². The highest BCUT2D eigenvalue weighted by Crippen LogP contribution is 2.29. The minimum Gasteiger partial charge on any atom is -0.481 e. The molecule has 2 aromatic rings. The van der Waals surface area contributed by atoms with Crippen LogP contribution in [0.2, 0.25) is 10.0 Å². The Morgan fingerprint density at radius 1 is 1.29 bits per heavy atom. The predicted octanol–water partition coefficient (Wildman–Crippen LogP) is 3.88. The van der Waals surface area contributed by atoms with Crippen molar-refractivity contribution in [2.75, 3.05) is 0 Å². The number of nitrogens with one attached hydrogen (secondary N) is 1. The zero-order valence-electron chi connectivity index (χ0n) is 8.96. The SMILES string of the molecule is O=C(O)CCCc1c[nH]c2cc(Cl)c(Cl)cc12. The number of hydrogen-bond donors (Lipinski definition) is 2. The van der Waals surface area contributed by atoms with E-state index in [1.165, 1.54) is 0 Å². The second-order valence-electron chi connectivity index (χ2n) is 3.87. The first-order valence-corrected chi connectivity index (χ1v) is 6.00. The summed E-state index contributed by atoms with van der Waals surface area (Å²) in [7, 11) is 0. The number of aliphatic carboxylic acids is 1. The van der Waals surface area contributed by atoms with Crippen molar-refractivity contribution in [3.63, 3.8) is 0 Å². The number of halogens is 2. The van der Waals surface area contributed by atoms with Crippen molar-refractivity contribution in [1.29, 1.82) is 0 Å². The molecule has 2 N–H and O–H groups in total. The van der Waals surface area contributed by atoms with E-state index in [9.17, 15) is 4.79 Å². The average molecular weight is 272 g/mol. The van der Waals surface area contributed by atoms with Crippen LogP contribution < -0.4 is 0 Å². The van der Waals surface area contributed by atoms with Crippen LogP contribution in [0, 0.1) is 0 Å². The molecule has 0 aliphatic carbocycles. The summed E-state index contributed by atoms with van der Waals surface area (Å²) in [5.74, 6) is -0.772. The van der Waals surface area contributed by atoms with Crippen LogP contribution in [0.25, 0.3) is 10.9 Å². The number of fused-ring (bicyclic) bond motifs is 1. The number of carboxylic acid groups (broad SMARTS) is 1. The monoisotopic (exact) mass is 271 g/mol. The first-order chi connectivity index (χ1) is 8.08. The summed E-state index contributed by atoms with van der Waals surface area (Å²) in [6.07, 6.45) is 3.37. The van der Waals surface area contributed by atoms with Gasteiger partial charge in [-0.05, 0) is 30.5 Å². The lowest BCUT2D eigenvalue weighted by Gasteiger charge is -2.00. The molecule has 3 nitrogen and oxygen atoms in total. The van der Waals surface area contributed by atoms with Crippen LogP contribution in [0.1, 0.15) is 18.4 Å². The fourth-order valence-electron chi connectivity index (χ4n) is 1.81. The topological polar surface area (TPSA) is 53.1 Å². The highest BCUT2D eigenvalue weighted by molar-refractivity contribution is 6.42. The Morgan fingerprint density at radius 2 is 2.00 bits per heavy atom. The fourth-order valence-corrected chi connectivity index (χ4v) is 2.14. The molecular formula is C12H11Cl2NO2. The van der Waals surface area contributed by atoms with Gasteiger partial charge in [0, 0.05) is 23.5 Å². The highest BCUT2D eigenvalue weighted by atomic mass is 35.5. The summed E-state index contributed by atoms with van der Waals surface area (Å²) in [6.45, 7) is 0. The molecule has 0 fully saturated rings. The molecule has 0 bridgehead atoms. The van der Waals surface area contributed by atoms with Crippen molar-refractivity contribution < 1.29 is 9.90 Å². The van der Waals surface area contributed by atoms with Gasteiger partial charge in [-0.1, -0.05) is 23.2 Å². The Hall–Kier alpha value is -1.19. The van der Waals surface area contributed by atoms with Gasteiger partial charge in [0.2, 0.25) is 0 Å². The summed E-state index contributed by atoms with van der Waals surface area (Å²) in [6, 6.07) is 3.59. The quantitative estimate of drug-likeness (QED) is 0.887. The van der Waals surface area contributed by atoms with E-state index in [-0.39, 0.29) is 6.42 Å². The average Bonchev–Trinajstić information content (AvgIpc) is 2.62. The molecule has 0 aliphatic heterocycles. The van der Waals surface area contributed by atoms with Gasteiger partial charge >= 0.3 is 5.97 Å². The van der Waals surface area contributed by atoms with E-state index in [1.807, 2.05) is 12.3 Å². The molecule has 1 heterocycles. The molecule has 0 aliphatic rings. The smallest absolute Gasteiger partial charge is 0.303 e. The van der Waals surface area contributed by atoms with E-state index in [2.05, 4.69) is 4.98 Å². The minimum atomic E-state index is -0.772. The zero-order chi connectivity index (χ0) is 12.4. The Kier molecular flexibility index (Phi) is 3.60. The summed E-state index contributed by atoms with van der Waals surface area (Å²) in [5.41, 5.74) is 1.99. The summed E-state index contributed by atoms with van der Waals surface area (Å²) < 4.78 is 0. The number of aromatic amines is 1. The molecule has 90 valence electrons. The van der Waals surface area contributed by atoms with Gasteiger partial charge in [0.25, 0.3) is 0 Å². The largest absolute Gasteiger partial charge is 0.481 e. The molecule has 17 heavy (non-hydrogen) atoms. The molecule has 0 radical (unpaired) electrons. The maximum atomic E-state index is 10.4. The molecule has 0 atom stereocenters. The maximum Gasteiger partial charge on any atom is 0.303 e. The van der Waals surface area contributed by atoms with Crippen molar-refractivity contribution >= 4 is 40.1 Å². The number of carbonyl (C=O) groups is 1. The molecule has 2 rings (SSSR count). The summed E-state index contributed by atoms with van der Waals surface area (Å²) >= 11 is 11.9. The maximum absolute atomic E-state index is 10.4. The standard InChI is InChI=1S/C12H11Cl2NO2/c13-9-4-8-7(2-1-3-12(16)17)6-15-11(8)5-10(9)14/h4-6,15H,1-3H2,(H,16,17). The number of hydrogen-bond acceptors (Lipinski definition) is 1. The van der Waals surface area contributed by atoms with Crippen LogP contribution in [0.3, 0.4) is 0 Å². The van der Waals surface area contributed by atoms with Gasteiger partial charge in [-0.25, -0.2) is 0 Å². The van der Waals surface area contributed by atoms with Gasteiger partial charge in [0.1, 0.15) is 0 Å². The number of aryl methyl sites for hydroxylation is 1. The number of rotatable bonds is 4. The van der Waals surface area contributed by atoms with E-state index in [4.69, 9.17) is 28.3 Å². The summed E-state index contributed by atoms with van der Waals surface area (Å²) in [5, 5.41) is 10.6.